The number of benzene rings is 1. The molecule has 2 N–H and O–H groups in total. The number of rotatable bonds is 1. The van der Waals surface area contributed by atoms with E-state index in [1.165, 1.54) is 0 Å². The molecule has 4 nitrogen and oxygen atoms in total. The van der Waals surface area contributed by atoms with Crippen molar-refractivity contribution in [2.45, 2.75) is 6.10 Å². The molecule has 4 heteroatoms. The van der Waals surface area contributed by atoms with E-state index in [1.807, 2.05) is 30.5 Å². The van der Waals surface area contributed by atoms with Gasteiger partial charge in [-0.1, -0.05) is 6.07 Å². The number of aromatic nitrogens is 1. The summed E-state index contributed by atoms with van der Waals surface area (Å²) in [5.41, 5.74) is 2.12. The van der Waals surface area contributed by atoms with E-state index >= 15 is 0 Å². The zero-order valence-corrected chi connectivity index (χ0v) is 7.99. The average molecular weight is 202 g/mol. The Morgan fingerprint density at radius 2 is 2.27 bits per heavy atom. The smallest absolute Gasteiger partial charge is 0.407 e. The number of H-pyrrole nitrogens is 1. The van der Waals surface area contributed by atoms with Gasteiger partial charge in [0.05, 0.1) is 6.54 Å². The van der Waals surface area contributed by atoms with E-state index in [9.17, 15) is 4.79 Å². The number of hydrogen-bond acceptors (Lipinski definition) is 2. The summed E-state index contributed by atoms with van der Waals surface area (Å²) in [7, 11) is 0. The van der Waals surface area contributed by atoms with Crippen LogP contribution in [0.2, 0.25) is 0 Å². The van der Waals surface area contributed by atoms with Crippen LogP contribution in [0, 0.1) is 0 Å². The summed E-state index contributed by atoms with van der Waals surface area (Å²) in [6, 6.07) is 8.01. The molecular weight excluding hydrogens is 192 g/mol. The Kier molecular flexibility index (Phi) is 1.68. The minimum absolute atomic E-state index is 0.156. The highest BCUT2D eigenvalue weighted by atomic mass is 16.6. The lowest BCUT2D eigenvalue weighted by molar-refractivity contribution is 0.141. The zero-order chi connectivity index (χ0) is 10.3. The number of fused-ring (bicyclic) bond motifs is 1. The Morgan fingerprint density at radius 1 is 1.33 bits per heavy atom. The Bertz CT molecular complexity index is 518. The molecule has 1 unspecified atom stereocenters. The molecule has 1 saturated heterocycles. The molecule has 0 bridgehead atoms. The van der Waals surface area contributed by atoms with Crippen LogP contribution < -0.4 is 5.32 Å². The summed E-state index contributed by atoms with van der Waals surface area (Å²) in [5, 5.41) is 3.78. The fourth-order valence-electron chi connectivity index (χ4n) is 1.85. The molecule has 15 heavy (non-hydrogen) atoms. The van der Waals surface area contributed by atoms with Crippen molar-refractivity contribution < 1.29 is 9.53 Å². The van der Waals surface area contributed by atoms with E-state index in [1.54, 1.807) is 0 Å². The highest BCUT2D eigenvalue weighted by molar-refractivity contribution is 5.80. The highest BCUT2D eigenvalue weighted by Gasteiger charge is 2.23. The van der Waals surface area contributed by atoms with Crippen molar-refractivity contribution in [2.75, 3.05) is 6.54 Å². The predicted molar refractivity (Wildman–Crippen MR) is 55.5 cm³/mol. The number of ether oxygens (including phenoxy) is 1. The van der Waals surface area contributed by atoms with Crippen LogP contribution in [0.25, 0.3) is 10.9 Å². The normalized spacial score (nSPS) is 20.3. The van der Waals surface area contributed by atoms with Gasteiger partial charge >= 0.3 is 6.09 Å². The first-order valence-electron chi connectivity index (χ1n) is 4.84. The number of nitrogens with one attached hydrogen (secondary N) is 2. The van der Waals surface area contributed by atoms with Crippen molar-refractivity contribution in [2.24, 2.45) is 0 Å². The second-order valence-electron chi connectivity index (χ2n) is 3.60. The third kappa shape index (κ3) is 1.34. The van der Waals surface area contributed by atoms with Gasteiger partial charge in [-0.15, -0.1) is 0 Å². The fourth-order valence-corrected chi connectivity index (χ4v) is 1.85. The summed E-state index contributed by atoms with van der Waals surface area (Å²) in [5.74, 6) is 0. The van der Waals surface area contributed by atoms with Crippen molar-refractivity contribution in [3.63, 3.8) is 0 Å². The van der Waals surface area contributed by atoms with Crippen molar-refractivity contribution in [3.8, 4) is 0 Å². The SMILES string of the molecule is O=C1NCC(c2ccc3[nH]ccc3c2)O1. The Balaban J connectivity index is 2.00. The number of amides is 1. The van der Waals surface area contributed by atoms with Crippen LogP contribution in [0.5, 0.6) is 0 Å². The number of carbonyl (C=O) groups is 1. The molecule has 3 rings (SSSR count). The van der Waals surface area contributed by atoms with Gasteiger partial charge in [-0.2, -0.15) is 0 Å². The molecule has 1 aliphatic heterocycles. The highest BCUT2D eigenvalue weighted by Crippen LogP contribution is 2.24. The van der Waals surface area contributed by atoms with Gasteiger partial charge in [0.1, 0.15) is 6.10 Å². The van der Waals surface area contributed by atoms with Gasteiger partial charge in [0.25, 0.3) is 0 Å². The number of aromatic amines is 1. The van der Waals surface area contributed by atoms with Crippen molar-refractivity contribution >= 4 is 17.0 Å². The minimum atomic E-state index is -0.339. The second-order valence-corrected chi connectivity index (χ2v) is 3.60. The molecule has 2 heterocycles. The summed E-state index contributed by atoms with van der Waals surface area (Å²) in [4.78, 5) is 14.0. The van der Waals surface area contributed by atoms with Crippen molar-refractivity contribution in [1.82, 2.24) is 10.3 Å². The van der Waals surface area contributed by atoms with Gasteiger partial charge in [0.2, 0.25) is 0 Å². The van der Waals surface area contributed by atoms with E-state index in [2.05, 4.69) is 10.3 Å². The average Bonchev–Trinajstić information content (AvgIpc) is 2.84. The first-order valence-corrected chi connectivity index (χ1v) is 4.84. The third-order valence-electron chi connectivity index (χ3n) is 2.63. The van der Waals surface area contributed by atoms with Crippen LogP contribution in [0.4, 0.5) is 4.79 Å². The summed E-state index contributed by atoms with van der Waals surface area (Å²) >= 11 is 0. The maximum atomic E-state index is 10.9. The van der Waals surface area contributed by atoms with Gasteiger partial charge in [-0.05, 0) is 29.1 Å². The molecule has 1 fully saturated rings. The molecule has 1 aromatic carbocycles. The van der Waals surface area contributed by atoms with Gasteiger partial charge in [0, 0.05) is 11.7 Å². The fraction of sp³-hybridized carbons (Fsp3) is 0.182. The first kappa shape index (κ1) is 8.35. The number of carbonyl (C=O) groups excluding carboxylic acids is 1. The van der Waals surface area contributed by atoms with Crippen molar-refractivity contribution in [3.05, 3.63) is 36.0 Å². The summed E-state index contributed by atoms with van der Waals surface area (Å²) in [6.07, 6.45) is 1.40. The van der Waals surface area contributed by atoms with E-state index in [0.29, 0.717) is 6.54 Å². The van der Waals surface area contributed by atoms with Crippen LogP contribution in [-0.2, 0) is 4.74 Å². The Labute approximate surface area is 86.2 Å². The van der Waals surface area contributed by atoms with E-state index in [4.69, 9.17) is 4.74 Å². The molecule has 2 aromatic rings. The van der Waals surface area contributed by atoms with Crippen LogP contribution in [-0.4, -0.2) is 17.6 Å². The van der Waals surface area contributed by atoms with Crippen LogP contribution in [0.3, 0.4) is 0 Å². The van der Waals surface area contributed by atoms with Crippen molar-refractivity contribution in [1.29, 1.82) is 0 Å². The van der Waals surface area contributed by atoms with Crippen LogP contribution in [0.1, 0.15) is 11.7 Å². The van der Waals surface area contributed by atoms with E-state index in [-0.39, 0.29) is 12.2 Å². The van der Waals surface area contributed by atoms with Gasteiger partial charge < -0.3 is 15.0 Å². The predicted octanol–water partition coefficient (Wildman–Crippen LogP) is 1.95. The molecule has 1 aromatic heterocycles. The quantitative estimate of drug-likeness (QED) is 0.742. The molecule has 76 valence electrons. The molecule has 0 saturated carbocycles. The molecule has 0 radical (unpaired) electrons. The summed E-state index contributed by atoms with van der Waals surface area (Å²) in [6.45, 7) is 0.550. The lowest BCUT2D eigenvalue weighted by Gasteiger charge is -2.07. The first-order chi connectivity index (χ1) is 7.33. The van der Waals surface area contributed by atoms with Gasteiger partial charge in [-0.3, -0.25) is 0 Å². The summed E-state index contributed by atoms with van der Waals surface area (Å²) < 4.78 is 5.11. The zero-order valence-electron chi connectivity index (χ0n) is 7.99. The van der Waals surface area contributed by atoms with Gasteiger partial charge in [0.15, 0.2) is 0 Å². The lowest BCUT2D eigenvalue weighted by Crippen LogP contribution is -2.12. The van der Waals surface area contributed by atoms with Crippen LogP contribution >= 0.6 is 0 Å². The lowest BCUT2D eigenvalue weighted by atomic mass is 10.1. The molecule has 0 aliphatic carbocycles. The Hall–Kier alpha value is -1.97. The number of alkyl carbamates (subject to hydrolysis) is 1. The monoisotopic (exact) mass is 202 g/mol. The molecule has 1 atom stereocenters. The molecular formula is C11H10N2O2. The standard InChI is InChI=1S/C11H10N2O2/c14-11-13-6-10(15-11)8-1-2-9-7(5-8)3-4-12-9/h1-5,10,12H,6H2,(H,13,14). The largest absolute Gasteiger partial charge is 0.439 e. The van der Waals surface area contributed by atoms with Crippen LogP contribution in [0.15, 0.2) is 30.5 Å². The molecule has 1 aliphatic rings. The molecule has 0 spiro atoms. The number of hydrogen-bond donors (Lipinski definition) is 2. The van der Waals surface area contributed by atoms with E-state index < -0.39 is 0 Å². The molecule has 1 amide bonds. The van der Waals surface area contributed by atoms with Gasteiger partial charge in [-0.25, -0.2) is 4.79 Å². The maximum Gasteiger partial charge on any atom is 0.407 e. The Morgan fingerprint density at radius 3 is 3.07 bits per heavy atom. The minimum Gasteiger partial charge on any atom is -0.439 e. The topological polar surface area (TPSA) is 54.1 Å². The third-order valence-corrected chi connectivity index (χ3v) is 2.63. The maximum absolute atomic E-state index is 10.9. The number of cyclic esters (lactones) is 1. The van der Waals surface area contributed by atoms with E-state index in [0.717, 1.165) is 16.5 Å². The second kappa shape index (κ2) is 3.02.